The van der Waals surface area contributed by atoms with Crippen LogP contribution in [0.3, 0.4) is 0 Å². The third-order valence-electron chi connectivity index (χ3n) is 3.44. The molecule has 0 saturated heterocycles. The second kappa shape index (κ2) is 6.62. The molecule has 0 spiro atoms. The van der Waals surface area contributed by atoms with Gasteiger partial charge in [0, 0.05) is 18.2 Å². The van der Waals surface area contributed by atoms with E-state index in [1.807, 2.05) is 0 Å². The summed E-state index contributed by atoms with van der Waals surface area (Å²) in [5, 5.41) is 6.14. The van der Waals surface area contributed by atoms with Gasteiger partial charge in [0.05, 0.1) is 6.26 Å². The van der Waals surface area contributed by atoms with Crippen LogP contribution in [0, 0.1) is 6.92 Å². The van der Waals surface area contributed by atoms with Crippen molar-refractivity contribution in [3.8, 4) is 17.4 Å². The average Bonchev–Trinajstić information content (AvgIpc) is 3.23. The predicted molar refractivity (Wildman–Crippen MR) is 85.5 cm³/mol. The second-order valence-electron chi connectivity index (χ2n) is 5.39. The number of carbonyl (C=O) groups excluding carboxylic acids is 1. The van der Waals surface area contributed by atoms with Gasteiger partial charge >= 0.3 is 6.18 Å². The van der Waals surface area contributed by atoms with E-state index in [4.69, 9.17) is 4.42 Å². The highest BCUT2D eigenvalue weighted by Gasteiger charge is 2.34. The molecule has 10 heteroatoms. The summed E-state index contributed by atoms with van der Waals surface area (Å²) in [7, 11) is 0. The molecule has 3 rings (SSSR count). The predicted octanol–water partition coefficient (Wildman–Crippen LogP) is 3.60. The molecular weight excluding hydrogens is 351 g/mol. The molecule has 0 bridgehead atoms. The van der Waals surface area contributed by atoms with Crippen LogP contribution in [0.15, 0.2) is 34.9 Å². The van der Waals surface area contributed by atoms with Gasteiger partial charge in [0.1, 0.15) is 5.82 Å². The summed E-state index contributed by atoms with van der Waals surface area (Å²) in [5.74, 6) is 0.331. The van der Waals surface area contributed by atoms with Gasteiger partial charge in [-0.25, -0.2) is 14.6 Å². The molecule has 3 aromatic rings. The van der Waals surface area contributed by atoms with Crippen LogP contribution in [-0.2, 0) is 11.0 Å². The first-order valence-electron chi connectivity index (χ1n) is 7.65. The van der Waals surface area contributed by atoms with Gasteiger partial charge in [-0.1, -0.05) is 6.92 Å². The smallest absolute Gasteiger partial charge is 0.435 e. The number of halogens is 3. The number of aromatic nitrogens is 4. The third kappa shape index (κ3) is 3.58. The fraction of sp³-hybridized carbons (Fsp3) is 0.250. The minimum absolute atomic E-state index is 0.0748. The van der Waals surface area contributed by atoms with Crippen LogP contribution in [-0.4, -0.2) is 25.7 Å². The Labute approximate surface area is 145 Å². The fourth-order valence-corrected chi connectivity index (χ4v) is 2.20. The molecule has 0 atom stereocenters. The Hall–Kier alpha value is -3.17. The summed E-state index contributed by atoms with van der Waals surface area (Å²) in [6.45, 7) is 3.14. The molecule has 26 heavy (non-hydrogen) atoms. The lowest BCUT2D eigenvalue weighted by Crippen LogP contribution is -2.13. The Morgan fingerprint density at radius 1 is 1.31 bits per heavy atom. The minimum Gasteiger partial charge on any atom is -0.461 e. The van der Waals surface area contributed by atoms with E-state index in [2.05, 4.69) is 20.4 Å². The number of carbonyl (C=O) groups is 1. The zero-order chi connectivity index (χ0) is 18.9. The van der Waals surface area contributed by atoms with Crippen molar-refractivity contribution in [2.75, 3.05) is 5.32 Å². The molecule has 1 amide bonds. The summed E-state index contributed by atoms with van der Waals surface area (Å²) >= 11 is 0. The van der Waals surface area contributed by atoms with Gasteiger partial charge in [-0.3, -0.25) is 4.79 Å². The van der Waals surface area contributed by atoms with Gasteiger partial charge in [0.15, 0.2) is 23.1 Å². The van der Waals surface area contributed by atoms with Crippen molar-refractivity contribution in [2.45, 2.75) is 26.4 Å². The molecule has 0 saturated carbocycles. The molecule has 7 nitrogen and oxygen atoms in total. The first-order valence-corrected chi connectivity index (χ1v) is 7.65. The van der Waals surface area contributed by atoms with E-state index in [9.17, 15) is 18.0 Å². The molecule has 0 fully saturated rings. The van der Waals surface area contributed by atoms with Crippen LogP contribution in [0.25, 0.3) is 17.4 Å². The highest BCUT2D eigenvalue weighted by Crippen LogP contribution is 2.29. The van der Waals surface area contributed by atoms with Gasteiger partial charge < -0.3 is 9.73 Å². The summed E-state index contributed by atoms with van der Waals surface area (Å²) in [6.07, 6.45) is -2.95. The molecule has 0 aliphatic rings. The van der Waals surface area contributed by atoms with Crippen LogP contribution >= 0.6 is 0 Å². The van der Waals surface area contributed by atoms with Gasteiger partial charge in [0.2, 0.25) is 5.91 Å². The molecule has 3 heterocycles. The van der Waals surface area contributed by atoms with Crippen molar-refractivity contribution in [3.05, 3.63) is 41.9 Å². The zero-order valence-electron chi connectivity index (χ0n) is 13.8. The molecule has 1 N–H and O–H groups in total. The Balaban J connectivity index is 2.11. The lowest BCUT2D eigenvalue weighted by Gasteiger charge is -2.09. The number of furan rings is 1. The topological polar surface area (TPSA) is 85.8 Å². The van der Waals surface area contributed by atoms with Crippen molar-refractivity contribution in [1.82, 2.24) is 19.7 Å². The molecule has 0 radical (unpaired) electrons. The highest BCUT2D eigenvalue weighted by atomic mass is 19.4. The van der Waals surface area contributed by atoms with E-state index < -0.39 is 11.9 Å². The van der Waals surface area contributed by atoms with Crippen molar-refractivity contribution < 1.29 is 22.4 Å². The molecule has 3 aromatic heterocycles. The Kier molecular flexibility index (Phi) is 4.49. The second-order valence-corrected chi connectivity index (χ2v) is 5.39. The number of amides is 1. The van der Waals surface area contributed by atoms with Crippen LogP contribution < -0.4 is 5.32 Å². The average molecular weight is 365 g/mol. The van der Waals surface area contributed by atoms with Crippen molar-refractivity contribution in [3.63, 3.8) is 0 Å². The quantitative estimate of drug-likeness (QED) is 0.763. The maximum absolute atomic E-state index is 12.9. The van der Waals surface area contributed by atoms with E-state index in [-0.39, 0.29) is 35.5 Å². The minimum atomic E-state index is -4.58. The monoisotopic (exact) mass is 365 g/mol. The highest BCUT2D eigenvalue weighted by molar-refractivity contribution is 5.89. The number of rotatable bonds is 4. The molecule has 136 valence electrons. The maximum atomic E-state index is 12.9. The van der Waals surface area contributed by atoms with E-state index in [0.717, 1.165) is 10.7 Å². The summed E-state index contributed by atoms with van der Waals surface area (Å²) < 4.78 is 45.0. The number of hydrogen-bond donors (Lipinski definition) is 1. The van der Waals surface area contributed by atoms with Gasteiger partial charge in [-0.05, 0) is 25.1 Å². The largest absolute Gasteiger partial charge is 0.461 e. The number of nitrogens with one attached hydrogen (secondary N) is 1. The van der Waals surface area contributed by atoms with E-state index in [1.54, 1.807) is 19.1 Å². The number of alkyl halides is 3. The standard InChI is InChI=1S/C16H14F3N5O2/c1-3-14(25)20-12-8-13(22-15(21-12)10-5-4-6-26-10)24-9(2)7-11(23-24)16(17,18)19/h4-8H,3H2,1-2H3,(H,20,21,22,25). The summed E-state index contributed by atoms with van der Waals surface area (Å²) in [4.78, 5) is 20.1. The summed E-state index contributed by atoms with van der Waals surface area (Å²) in [6, 6.07) is 5.48. The number of hydrogen-bond acceptors (Lipinski definition) is 5. The summed E-state index contributed by atoms with van der Waals surface area (Å²) in [5.41, 5.74) is -0.804. The Morgan fingerprint density at radius 2 is 2.08 bits per heavy atom. The number of anilines is 1. The van der Waals surface area contributed by atoms with Gasteiger partial charge in [-0.2, -0.15) is 18.3 Å². The maximum Gasteiger partial charge on any atom is 0.435 e. The molecule has 0 aliphatic heterocycles. The zero-order valence-corrected chi connectivity index (χ0v) is 13.8. The Bertz CT molecular complexity index is 932. The lowest BCUT2D eigenvalue weighted by molar-refractivity contribution is -0.141. The third-order valence-corrected chi connectivity index (χ3v) is 3.44. The number of nitrogens with zero attached hydrogens (tertiary/aromatic N) is 4. The van der Waals surface area contributed by atoms with E-state index >= 15 is 0 Å². The van der Waals surface area contributed by atoms with Crippen LogP contribution in [0.1, 0.15) is 24.7 Å². The van der Waals surface area contributed by atoms with Gasteiger partial charge in [-0.15, -0.1) is 0 Å². The first-order chi connectivity index (χ1) is 12.3. The van der Waals surface area contributed by atoms with Crippen LogP contribution in [0.4, 0.5) is 19.0 Å². The van der Waals surface area contributed by atoms with Gasteiger partial charge in [0.25, 0.3) is 0 Å². The molecule has 0 unspecified atom stereocenters. The SMILES string of the molecule is CCC(=O)Nc1cc(-n2nc(C(F)(F)F)cc2C)nc(-c2ccco2)n1. The van der Waals surface area contributed by atoms with Crippen molar-refractivity contribution in [1.29, 1.82) is 0 Å². The molecular formula is C16H14F3N5O2. The van der Waals surface area contributed by atoms with Crippen LogP contribution in [0.2, 0.25) is 0 Å². The molecule has 0 aliphatic carbocycles. The lowest BCUT2D eigenvalue weighted by atomic mass is 10.3. The van der Waals surface area contributed by atoms with Crippen LogP contribution in [0.5, 0.6) is 0 Å². The van der Waals surface area contributed by atoms with E-state index in [0.29, 0.717) is 5.76 Å². The van der Waals surface area contributed by atoms with Crippen molar-refractivity contribution >= 4 is 11.7 Å². The fourth-order valence-electron chi connectivity index (χ4n) is 2.20. The normalized spacial score (nSPS) is 11.6. The number of aryl methyl sites for hydroxylation is 1. The molecule has 0 aromatic carbocycles. The van der Waals surface area contributed by atoms with E-state index in [1.165, 1.54) is 19.3 Å². The van der Waals surface area contributed by atoms with Crippen molar-refractivity contribution in [2.24, 2.45) is 0 Å². The first kappa shape index (κ1) is 17.6. The Morgan fingerprint density at radius 3 is 2.65 bits per heavy atom.